The summed E-state index contributed by atoms with van der Waals surface area (Å²) in [7, 11) is 0. The highest BCUT2D eigenvalue weighted by Gasteiger charge is 2.41. The molecular weight excluding hydrogens is 538 g/mol. The van der Waals surface area contributed by atoms with Crippen molar-refractivity contribution in [2.45, 2.75) is 75.9 Å². The Kier molecular flexibility index (Phi) is 13.4. The third-order valence-electron chi connectivity index (χ3n) is 6.03. The van der Waals surface area contributed by atoms with Crippen LogP contribution in [0.4, 0.5) is 26.3 Å². The van der Waals surface area contributed by atoms with Crippen molar-refractivity contribution in [1.29, 1.82) is 0 Å². The van der Waals surface area contributed by atoms with Crippen molar-refractivity contribution >= 4 is 24.0 Å². The zero-order valence-electron chi connectivity index (χ0n) is 21.1. The molecule has 5 N–H and O–H groups in total. The monoisotopic (exact) mass is 570 g/mol. The normalized spacial score (nSPS) is 22.9. The Balaban J connectivity index is 0.000000449. The van der Waals surface area contributed by atoms with Gasteiger partial charge in [-0.1, -0.05) is 48.9 Å². The summed E-state index contributed by atoms with van der Waals surface area (Å²) in [4.78, 5) is 28.4. The number of carboxylic acids is 3. The molecule has 2 saturated carbocycles. The first-order chi connectivity index (χ1) is 18.0. The van der Waals surface area contributed by atoms with Gasteiger partial charge in [-0.25, -0.2) is 9.59 Å². The Morgan fingerprint density at radius 3 is 1.74 bits per heavy atom. The van der Waals surface area contributed by atoms with Crippen LogP contribution in [0.3, 0.4) is 0 Å². The first kappa shape index (κ1) is 33.9. The Hall–Kier alpha value is -3.13. The second-order valence-corrected chi connectivity index (χ2v) is 9.03. The highest BCUT2D eigenvalue weighted by atomic mass is 19.4. The van der Waals surface area contributed by atoms with Gasteiger partial charge < -0.3 is 26.0 Å². The van der Waals surface area contributed by atoms with E-state index in [1.54, 1.807) is 5.57 Å². The number of carboxylic acid groups (broad SMARTS) is 3. The van der Waals surface area contributed by atoms with Crippen molar-refractivity contribution < 1.29 is 56.0 Å². The number of hydrogen-bond acceptors (Lipinski definition) is 5. The van der Waals surface area contributed by atoms with Crippen LogP contribution in [0.5, 0.6) is 0 Å². The molecule has 2 aliphatic rings. The van der Waals surface area contributed by atoms with Crippen LogP contribution in [0, 0.1) is 5.92 Å². The van der Waals surface area contributed by atoms with Crippen molar-refractivity contribution in [1.82, 2.24) is 10.6 Å². The molecule has 1 aromatic carbocycles. The van der Waals surface area contributed by atoms with Gasteiger partial charge in [-0.05, 0) is 50.0 Å². The van der Waals surface area contributed by atoms with Gasteiger partial charge in [0.15, 0.2) is 0 Å². The van der Waals surface area contributed by atoms with Gasteiger partial charge in [-0.15, -0.1) is 0 Å². The molecule has 0 radical (unpaired) electrons. The molecule has 0 aromatic heterocycles. The molecule has 1 aromatic rings. The van der Waals surface area contributed by atoms with Gasteiger partial charge in [0.25, 0.3) is 0 Å². The number of carbonyl (C=O) groups is 3. The Bertz CT molecular complexity index is 936. The summed E-state index contributed by atoms with van der Waals surface area (Å²) >= 11 is 0. The van der Waals surface area contributed by atoms with Gasteiger partial charge in [0.05, 0.1) is 6.54 Å². The Labute approximate surface area is 221 Å². The molecule has 0 amide bonds. The topological polar surface area (TPSA) is 136 Å². The second kappa shape index (κ2) is 15.5. The molecule has 2 aliphatic carbocycles. The van der Waals surface area contributed by atoms with Gasteiger partial charge in [0.2, 0.25) is 0 Å². The van der Waals surface area contributed by atoms with E-state index in [2.05, 4.69) is 54.0 Å². The summed E-state index contributed by atoms with van der Waals surface area (Å²) in [5.74, 6) is -5.59. The minimum absolute atomic E-state index is 0.0810. The van der Waals surface area contributed by atoms with Gasteiger partial charge in [-0.2, -0.15) is 26.3 Å². The molecule has 2 fully saturated rings. The van der Waals surface area contributed by atoms with E-state index in [9.17, 15) is 31.1 Å². The first-order valence-corrected chi connectivity index (χ1v) is 12.1. The van der Waals surface area contributed by atoms with E-state index in [1.165, 1.54) is 12.0 Å². The quantitative estimate of drug-likeness (QED) is 0.284. The zero-order chi connectivity index (χ0) is 29.8. The van der Waals surface area contributed by atoms with Gasteiger partial charge in [0.1, 0.15) is 0 Å². The number of nitrogens with one attached hydrogen (secondary N) is 2. The molecule has 0 heterocycles. The number of alkyl halides is 6. The molecule has 0 bridgehead atoms. The number of benzene rings is 1. The predicted octanol–water partition coefficient (Wildman–Crippen LogP) is 4.71. The molecule has 39 heavy (non-hydrogen) atoms. The van der Waals surface area contributed by atoms with Gasteiger partial charge in [-0.3, -0.25) is 4.79 Å². The van der Waals surface area contributed by atoms with Crippen LogP contribution in [-0.4, -0.2) is 70.3 Å². The van der Waals surface area contributed by atoms with E-state index < -0.39 is 30.3 Å². The molecule has 14 heteroatoms. The van der Waals surface area contributed by atoms with E-state index in [0.717, 1.165) is 32.1 Å². The molecule has 0 spiro atoms. The Morgan fingerprint density at radius 1 is 0.872 bits per heavy atom. The summed E-state index contributed by atoms with van der Waals surface area (Å²) in [5.41, 5.74) is 2.86. The van der Waals surface area contributed by atoms with Crippen LogP contribution in [0.25, 0.3) is 6.08 Å². The maximum atomic E-state index is 10.6. The van der Waals surface area contributed by atoms with Crippen LogP contribution in [-0.2, 0) is 14.4 Å². The lowest BCUT2D eigenvalue weighted by Gasteiger charge is -2.29. The summed E-state index contributed by atoms with van der Waals surface area (Å²) in [6, 6.07) is 12.2. The van der Waals surface area contributed by atoms with Crippen LogP contribution < -0.4 is 10.6 Å². The lowest BCUT2D eigenvalue weighted by Crippen LogP contribution is -2.42. The molecule has 3 rings (SSSR count). The lowest BCUT2D eigenvalue weighted by atomic mass is 9.91. The summed E-state index contributed by atoms with van der Waals surface area (Å²) in [6.45, 7) is 2.33. The number of aliphatic carboxylic acids is 3. The maximum absolute atomic E-state index is 10.6. The number of rotatable bonds is 8. The van der Waals surface area contributed by atoms with Crippen LogP contribution in [0.2, 0.25) is 0 Å². The molecule has 0 saturated heterocycles. The molecule has 8 nitrogen and oxygen atoms in total. The van der Waals surface area contributed by atoms with E-state index in [1.807, 2.05) is 0 Å². The standard InChI is InChI=1S/C21H30N2O2.2C2HF3O2/c1-2-16(12-15-6-4-3-5-7-15)19-13-20(19)23-18-10-8-17(9-11-18)22-14-21(24)25;2*3-2(4,5)1(6)7/h3-7,12,17-20,22-23H,2,8-11,13-14H2,1H3,(H,24,25);2*(H,6,7)/t17?,18?,19-,20+;;/m0../s1. The second-order valence-electron chi connectivity index (χ2n) is 9.03. The average Bonchev–Trinajstić information content (AvgIpc) is 3.61. The van der Waals surface area contributed by atoms with Gasteiger partial charge in [0, 0.05) is 18.1 Å². The predicted molar refractivity (Wildman–Crippen MR) is 129 cm³/mol. The van der Waals surface area contributed by atoms with Crippen molar-refractivity contribution in [3.8, 4) is 0 Å². The van der Waals surface area contributed by atoms with Crippen molar-refractivity contribution in [3.05, 3.63) is 41.5 Å². The fourth-order valence-electron chi connectivity index (χ4n) is 4.02. The van der Waals surface area contributed by atoms with Crippen LogP contribution in [0.1, 0.15) is 51.0 Å². The molecule has 0 unspecified atom stereocenters. The fourth-order valence-corrected chi connectivity index (χ4v) is 4.02. The fraction of sp³-hybridized carbons (Fsp3) is 0.560. The van der Waals surface area contributed by atoms with Crippen molar-refractivity contribution in [2.24, 2.45) is 5.92 Å². The van der Waals surface area contributed by atoms with Crippen molar-refractivity contribution in [2.75, 3.05) is 6.54 Å². The Morgan fingerprint density at radius 2 is 1.33 bits per heavy atom. The summed E-state index contributed by atoms with van der Waals surface area (Å²) in [5, 5.41) is 30.0. The zero-order valence-corrected chi connectivity index (χ0v) is 21.1. The highest BCUT2D eigenvalue weighted by molar-refractivity contribution is 5.73. The van der Waals surface area contributed by atoms with E-state index in [4.69, 9.17) is 24.9 Å². The summed E-state index contributed by atoms with van der Waals surface area (Å²) < 4.78 is 63.5. The lowest BCUT2D eigenvalue weighted by molar-refractivity contribution is -0.193. The minimum Gasteiger partial charge on any atom is -0.480 e. The molecule has 2 atom stereocenters. The van der Waals surface area contributed by atoms with Gasteiger partial charge >= 0.3 is 30.3 Å². The number of halogens is 6. The van der Waals surface area contributed by atoms with E-state index in [-0.39, 0.29) is 6.54 Å². The van der Waals surface area contributed by atoms with Crippen LogP contribution >= 0.6 is 0 Å². The molecule has 0 aliphatic heterocycles. The third-order valence-corrected chi connectivity index (χ3v) is 6.03. The number of hydrogen-bond donors (Lipinski definition) is 5. The average molecular weight is 571 g/mol. The molecule has 220 valence electrons. The van der Waals surface area contributed by atoms with E-state index in [0.29, 0.717) is 24.0 Å². The molecular formula is C25H32F6N2O6. The first-order valence-electron chi connectivity index (χ1n) is 12.1. The SMILES string of the molecule is CCC(=Cc1ccccc1)[C@@H]1C[C@H]1NC1CCC(NCC(=O)O)CC1.O=C(O)C(F)(F)F.O=C(O)C(F)(F)F. The minimum atomic E-state index is -5.08. The van der Waals surface area contributed by atoms with Crippen molar-refractivity contribution in [3.63, 3.8) is 0 Å². The summed E-state index contributed by atoms with van der Waals surface area (Å²) in [6.07, 6.45) is -1.01. The largest absolute Gasteiger partial charge is 0.490 e. The smallest absolute Gasteiger partial charge is 0.480 e. The van der Waals surface area contributed by atoms with Crippen LogP contribution in [0.15, 0.2) is 35.9 Å². The van der Waals surface area contributed by atoms with E-state index >= 15 is 0 Å². The third kappa shape index (κ3) is 14.0. The highest BCUT2D eigenvalue weighted by Crippen LogP contribution is 2.40. The maximum Gasteiger partial charge on any atom is 0.490 e.